The summed E-state index contributed by atoms with van der Waals surface area (Å²) in [5, 5.41) is 22.4. The van der Waals surface area contributed by atoms with Crippen LogP contribution in [0.1, 0.15) is 37.8 Å². The third-order valence-corrected chi connectivity index (χ3v) is 4.86. The summed E-state index contributed by atoms with van der Waals surface area (Å²) in [7, 11) is 0. The van der Waals surface area contributed by atoms with Gasteiger partial charge in [-0.25, -0.2) is 4.98 Å². The molecule has 1 saturated carbocycles. The third-order valence-electron chi connectivity index (χ3n) is 4.09. The van der Waals surface area contributed by atoms with Gasteiger partial charge >= 0.3 is 0 Å². The predicted octanol–water partition coefficient (Wildman–Crippen LogP) is 2.24. The lowest BCUT2D eigenvalue weighted by atomic mass is 9.82. The predicted molar refractivity (Wildman–Crippen MR) is 75.4 cm³/mol. The van der Waals surface area contributed by atoms with Gasteiger partial charge in [0.15, 0.2) is 4.96 Å². The van der Waals surface area contributed by atoms with Gasteiger partial charge in [0, 0.05) is 24.2 Å². The molecule has 0 saturated heterocycles. The van der Waals surface area contributed by atoms with Crippen molar-refractivity contribution in [1.29, 1.82) is 0 Å². The van der Waals surface area contributed by atoms with E-state index in [4.69, 9.17) is 0 Å². The summed E-state index contributed by atoms with van der Waals surface area (Å²) in [4.78, 5) is 5.39. The number of hydrogen-bond donors (Lipinski definition) is 2. The van der Waals surface area contributed by atoms with Gasteiger partial charge in [-0.15, -0.1) is 11.3 Å². The maximum Gasteiger partial charge on any atom is 0.193 e. The average Bonchev–Trinajstić information content (AvgIpc) is 2.99. The number of nitrogens with zero attached hydrogens (tertiary/aromatic N) is 2. The first-order valence-corrected chi connectivity index (χ1v) is 7.89. The Kier molecular flexibility index (Phi) is 3.86. The van der Waals surface area contributed by atoms with Crippen molar-refractivity contribution in [3.63, 3.8) is 0 Å². The van der Waals surface area contributed by atoms with E-state index in [1.165, 1.54) is 19.3 Å². The summed E-state index contributed by atoms with van der Waals surface area (Å²) >= 11 is 1.58. The highest BCUT2D eigenvalue weighted by Gasteiger charge is 2.28. The molecule has 2 aromatic rings. The van der Waals surface area contributed by atoms with Crippen LogP contribution in [0.15, 0.2) is 17.8 Å². The molecule has 0 aromatic carbocycles. The lowest BCUT2D eigenvalue weighted by Crippen LogP contribution is -2.36. The lowest BCUT2D eigenvalue weighted by Gasteiger charge is -2.29. The van der Waals surface area contributed by atoms with Crippen molar-refractivity contribution < 1.29 is 10.2 Å². The first kappa shape index (κ1) is 13.1. The standard InChI is InChI=1S/C14H20N2O2S/c17-12(13(18)10-4-2-1-3-5-10)8-11-9-16-6-7-19-14(16)15-11/h6-7,9-10,12-13,17-18H,1-5,8H2. The third kappa shape index (κ3) is 2.83. The topological polar surface area (TPSA) is 57.8 Å². The summed E-state index contributed by atoms with van der Waals surface area (Å²) in [6.45, 7) is 0. The van der Waals surface area contributed by atoms with E-state index in [0.29, 0.717) is 6.42 Å². The molecule has 0 amide bonds. The molecule has 104 valence electrons. The van der Waals surface area contributed by atoms with Crippen molar-refractivity contribution in [3.05, 3.63) is 23.5 Å². The highest BCUT2D eigenvalue weighted by atomic mass is 32.1. The average molecular weight is 280 g/mol. The van der Waals surface area contributed by atoms with Crippen LogP contribution in [0.25, 0.3) is 4.96 Å². The molecule has 1 aliphatic carbocycles. The van der Waals surface area contributed by atoms with Crippen LogP contribution in [0.5, 0.6) is 0 Å². The molecule has 2 heterocycles. The van der Waals surface area contributed by atoms with Crippen molar-refractivity contribution in [2.24, 2.45) is 5.92 Å². The fourth-order valence-corrected chi connectivity index (χ4v) is 3.72. The van der Waals surface area contributed by atoms with Crippen LogP contribution in [0.3, 0.4) is 0 Å². The highest BCUT2D eigenvalue weighted by molar-refractivity contribution is 7.15. The second-order valence-electron chi connectivity index (χ2n) is 5.49. The Bertz CT molecular complexity index is 502. The number of fused-ring (bicyclic) bond motifs is 1. The van der Waals surface area contributed by atoms with Crippen LogP contribution in [0.2, 0.25) is 0 Å². The maximum absolute atomic E-state index is 10.2. The normalized spacial score (nSPS) is 20.7. The first-order chi connectivity index (χ1) is 9.24. The van der Waals surface area contributed by atoms with Crippen LogP contribution in [-0.2, 0) is 6.42 Å². The van der Waals surface area contributed by atoms with Gasteiger partial charge in [0.05, 0.1) is 17.9 Å². The van der Waals surface area contributed by atoms with E-state index in [1.807, 2.05) is 22.2 Å². The summed E-state index contributed by atoms with van der Waals surface area (Å²) in [5.74, 6) is 0.257. The molecular formula is C14H20N2O2S. The minimum Gasteiger partial charge on any atom is -0.390 e. The van der Waals surface area contributed by atoms with E-state index in [-0.39, 0.29) is 5.92 Å². The van der Waals surface area contributed by atoms with Crippen LogP contribution < -0.4 is 0 Å². The van der Waals surface area contributed by atoms with Crippen LogP contribution in [-0.4, -0.2) is 31.8 Å². The fourth-order valence-electron chi connectivity index (χ4n) is 3.00. The molecule has 2 N–H and O–H groups in total. The van der Waals surface area contributed by atoms with Crippen molar-refractivity contribution in [3.8, 4) is 0 Å². The van der Waals surface area contributed by atoms with Crippen molar-refractivity contribution in [1.82, 2.24) is 9.38 Å². The molecule has 19 heavy (non-hydrogen) atoms. The first-order valence-electron chi connectivity index (χ1n) is 7.01. The lowest BCUT2D eigenvalue weighted by molar-refractivity contribution is -0.0267. The van der Waals surface area contributed by atoms with Gasteiger partial charge in [-0.3, -0.25) is 4.40 Å². The van der Waals surface area contributed by atoms with E-state index in [9.17, 15) is 10.2 Å². The van der Waals surface area contributed by atoms with Gasteiger partial charge in [0.25, 0.3) is 0 Å². The Balaban J connectivity index is 1.63. The van der Waals surface area contributed by atoms with Crippen LogP contribution in [0.4, 0.5) is 0 Å². The van der Waals surface area contributed by atoms with Gasteiger partial charge < -0.3 is 10.2 Å². The Hall–Kier alpha value is -0.910. The highest BCUT2D eigenvalue weighted by Crippen LogP contribution is 2.28. The molecule has 0 aliphatic heterocycles. The summed E-state index contributed by atoms with van der Waals surface area (Å²) in [6.07, 6.45) is 8.70. The second kappa shape index (κ2) is 5.61. The molecule has 2 aromatic heterocycles. The molecule has 3 rings (SSSR count). The number of hydrogen-bond acceptors (Lipinski definition) is 4. The van der Waals surface area contributed by atoms with Crippen LogP contribution >= 0.6 is 11.3 Å². The molecule has 0 spiro atoms. The Morgan fingerprint density at radius 2 is 2.11 bits per heavy atom. The van der Waals surface area contributed by atoms with E-state index >= 15 is 0 Å². The Morgan fingerprint density at radius 1 is 1.32 bits per heavy atom. The zero-order valence-electron chi connectivity index (χ0n) is 10.9. The SMILES string of the molecule is OC(Cc1cn2ccsc2n1)C(O)C1CCCCC1. The molecule has 1 aliphatic rings. The van der Waals surface area contributed by atoms with Crippen LogP contribution in [0, 0.1) is 5.92 Å². The number of aliphatic hydroxyl groups excluding tert-OH is 2. The zero-order chi connectivity index (χ0) is 13.2. The van der Waals surface area contributed by atoms with Gasteiger partial charge in [-0.2, -0.15) is 0 Å². The molecule has 0 bridgehead atoms. The van der Waals surface area contributed by atoms with Crippen molar-refractivity contribution in [2.75, 3.05) is 0 Å². The molecule has 0 radical (unpaired) electrons. The van der Waals surface area contributed by atoms with E-state index < -0.39 is 12.2 Å². The zero-order valence-corrected chi connectivity index (χ0v) is 11.7. The number of aliphatic hydroxyl groups is 2. The van der Waals surface area contributed by atoms with E-state index in [1.54, 1.807) is 11.3 Å². The number of rotatable bonds is 4. The van der Waals surface area contributed by atoms with Crippen molar-refractivity contribution >= 4 is 16.3 Å². The van der Waals surface area contributed by atoms with Gasteiger partial charge in [-0.05, 0) is 18.8 Å². The van der Waals surface area contributed by atoms with E-state index in [2.05, 4.69) is 4.98 Å². The minimum atomic E-state index is -0.701. The largest absolute Gasteiger partial charge is 0.390 e. The monoisotopic (exact) mass is 280 g/mol. The maximum atomic E-state index is 10.2. The Labute approximate surface area is 116 Å². The van der Waals surface area contributed by atoms with Gasteiger partial charge in [0.1, 0.15) is 0 Å². The molecule has 2 unspecified atom stereocenters. The molecule has 2 atom stereocenters. The smallest absolute Gasteiger partial charge is 0.193 e. The minimum absolute atomic E-state index is 0.257. The number of thiazole rings is 1. The molecule has 5 heteroatoms. The van der Waals surface area contributed by atoms with E-state index in [0.717, 1.165) is 23.5 Å². The molecule has 1 fully saturated rings. The molecule has 4 nitrogen and oxygen atoms in total. The summed E-state index contributed by atoms with van der Waals surface area (Å²) in [6, 6.07) is 0. The van der Waals surface area contributed by atoms with Gasteiger partial charge in [0.2, 0.25) is 0 Å². The Morgan fingerprint density at radius 3 is 2.84 bits per heavy atom. The van der Waals surface area contributed by atoms with Crippen molar-refractivity contribution in [2.45, 2.75) is 50.7 Å². The quantitative estimate of drug-likeness (QED) is 0.903. The summed E-state index contributed by atoms with van der Waals surface area (Å²) in [5.41, 5.74) is 0.856. The molecular weight excluding hydrogens is 260 g/mol. The number of imidazole rings is 1. The second-order valence-corrected chi connectivity index (χ2v) is 6.36. The number of aromatic nitrogens is 2. The fraction of sp³-hybridized carbons (Fsp3) is 0.643. The summed E-state index contributed by atoms with van der Waals surface area (Å²) < 4.78 is 1.96. The van der Waals surface area contributed by atoms with Gasteiger partial charge in [-0.1, -0.05) is 19.3 Å².